The molecule has 0 atom stereocenters. The van der Waals surface area contributed by atoms with E-state index >= 15 is 0 Å². The number of rotatable bonds is 12. The topological polar surface area (TPSA) is 33.3 Å². The summed E-state index contributed by atoms with van der Waals surface area (Å²) in [6.07, 6.45) is 6.32. The van der Waals surface area contributed by atoms with Crippen LogP contribution in [0, 0.1) is 13.8 Å². The zero-order chi connectivity index (χ0) is 18.6. The first-order valence-corrected chi connectivity index (χ1v) is 9.97. The summed E-state index contributed by atoms with van der Waals surface area (Å²) in [6.45, 7) is 9.07. The van der Waals surface area contributed by atoms with Gasteiger partial charge >= 0.3 is 0 Å². The minimum absolute atomic E-state index is 0.807. The van der Waals surface area contributed by atoms with E-state index in [1.807, 2.05) is 12.1 Å². The largest absolute Gasteiger partial charge is 0.494 e. The van der Waals surface area contributed by atoms with Crippen LogP contribution in [-0.2, 0) is 0 Å². The molecule has 2 aromatic carbocycles. The van der Waals surface area contributed by atoms with Crippen LogP contribution in [0.15, 0.2) is 42.5 Å². The SMILES string of the molecule is CCCCCCCOc1cccc(NCCNc2ccc(C)cc2C)c1. The molecule has 2 aromatic rings. The fraction of sp³-hybridized carbons (Fsp3) is 0.478. The van der Waals surface area contributed by atoms with Gasteiger partial charge in [-0.3, -0.25) is 0 Å². The normalized spacial score (nSPS) is 10.6. The molecule has 0 aliphatic rings. The molecule has 0 spiro atoms. The summed E-state index contributed by atoms with van der Waals surface area (Å²) in [5, 5.41) is 6.95. The van der Waals surface area contributed by atoms with Crippen molar-refractivity contribution in [1.82, 2.24) is 0 Å². The van der Waals surface area contributed by atoms with Crippen LogP contribution in [0.2, 0.25) is 0 Å². The van der Waals surface area contributed by atoms with E-state index in [9.17, 15) is 0 Å². The standard InChI is InChI=1S/C23H34N2O/c1-4-5-6-7-8-16-26-22-11-9-10-21(18-22)24-14-15-25-23-13-12-19(2)17-20(23)3/h9-13,17-18,24-25H,4-8,14-16H2,1-3H3. The summed E-state index contributed by atoms with van der Waals surface area (Å²) in [6, 6.07) is 14.8. The quantitative estimate of drug-likeness (QED) is 0.447. The third-order valence-electron chi connectivity index (χ3n) is 4.50. The Hall–Kier alpha value is -2.16. The van der Waals surface area contributed by atoms with E-state index in [-0.39, 0.29) is 0 Å². The Morgan fingerprint density at radius 2 is 1.65 bits per heavy atom. The highest BCUT2D eigenvalue weighted by atomic mass is 16.5. The maximum absolute atomic E-state index is 5.87. The summed E-state index contributed by atoms with van der Waals surface area (Å²) in [7, 11) is 0. The second kappa shape index (κ2) is 11.5. The van der Waals surface area contributed by atoms with E-state index in [2.05, 4.69) is 61.7 Å². The number of benzene rings is 2. The molecule has 0 heterocycles. The molecule has 2 rings (SSSR count). The van der Waals surface area contributed by atoms with Crippen LogP contribution in [0.4, 0.5) is 11.4 Å². The van der Waals surface area contributed by atoms with Crippen LogP contribution in [0.3, 0.4) is 0 Å². The van der Waals surface area contributed by atoms with Gasteiger partial charge in [-0.15, -0.1) is 0 Å². The van der Waals surface area contributed by atoms with Gasteiger partial charge in [-0.1, -0.05) is 56.4 Å². The molecule has 0 saturated heterocycles. The van der Waals surface area contributed by atoms with Crippen molar-refractivity contribution in [2.24, 2.45) is 0 Å². The lowest BCUT2D eigenvalue weighted by Crippen LogP contribution is -2.14. The zero-order valence-electron chi connectivity index (χ0n) is 16.6. The number of anilines is 2. The van der Waals surface area contributed by atoms with Gasteiger partial charge < -0.3 is 15.4 Å². The Morgan fingerprint density at radius 1 is 0.846 bits per heavy atom. The molecule has 3 nitrogen and oxygen atoms in total. The number of hydrogen-bond acceptors (Lipinski definition) is 3. The Labute approximate surface area is 159 Å². The molecule has 0 aliphatic carbocycles. The van der Waals surface area contributed by atoms with Crippen molar-refractivity contribution in [2.75, 3.05) is 30.3 Å². The van der Waals surface area contributed by atoms with E-state index in [0.717, 1.165) is 37.6 Å². The average Bonchev–Trinajstić information content (AvgIpc) is 2.63. The van der Waals surface area contributed by atoms with Gasteiger partial charge in [-0.25, -0.2) is 0 Å². The molecule has 0 aromatic heterocycles. The lowest BCUT2D eigenvalue weighted by Gasteiger charge is -2.12. The molecular weight excluding hydrogens is 320 g/mol. The lowest BCUT2D eigenvalue weighted by molar-refractivity contribution is 0.304. The zero-order valence-corrected chi connectivity index (χ0v) is 16.6. The van der Waals surface area contributed by atoms with Crippen molar-refractivity contribution < 1.29 is 4.74 Å². The van der Waals surface area contributed by atoms with E-state index in [1.54, 1.807) is 0 Å². The van der Waals surface area contributed by atoms with Crippen molar-refractivity contribution in [3.05, 3.63) is 53.6 Å². The fourth-order valence-corrected chi connectivity index (χ4v) is 3.01. The van der Waals surface area contributed by atoms with Crippen LogP contribution >= 0.6 is 0 Å². The Morgan fingerprint density at radius 3 is 2.46 bits per heavy atom. The number of nitrogens with one attached hydrogen (secondary N) is 2. The highest BCUT2D eigenvalue weighted by Gasteiger charge is 1.99. The number of unbranched alkanes of at least 4 members (excludes halogenated alkanes) is 4. The Kier molecular flexibility index (Phi) is 8.88. The molecule has 0 fully saturated rings. The average molecular weight is 355 g/mol. The van der Waals surface area contributed by atoms with Crippen molar-refractivity contribution in [1.29, 1.82) is 0 Å². The van der Waals surface area contributed by atoms with Gasteiger partial charge in [-0.2, -0.15) is 0 Å². The maximum atomic E-state index is 5.87. The third kappa shape index (κ3) is 7.38. The first-order chi connectivity index (χ1) is 12.7. The fourth-order valence-electron chi connectivity index (χ4n) is 3.01. The number of hydrogen-bond donors (Lipinski definition) is 2. The smallest absolute Gasteiger partial charge is 0.121 e. The number of ether oxygens (including phenoxy) is 1. The molecule has 3 heteroatoms. The lowest BCUT2D eigenvalue weighted by atomic mass is 10.1. The maximum Gasteiger partial charge on any atom is 0.121 e. The van der Waals surface area contributed by atoms with Gasteiger partial charge in [0, 0.05) is 30.5 Å². The van der Waals surface area contributed by atoms with E-state index in [0.29, 0.717) is 0 Å². The second-order valence-corrected chi connectivity index (χ2v) is 6.96. The predicted octanol–water partition coefficient (Wildman–Crippen LogP) is 6.18. The third-order valence-corrected chi connectivity index (χ3v) is 4.50. The first kappa shape index (κ1) is 20.2. The summed E-state index contributed by atoms with van der Waals surface area (Å²) in [5.74, 6) is 0.952. The highest BCUT2D eigenvalue weighted by molar-refractivity contribution is 5.52. The van der Waals surface area contributed by atoms with Gasteiger partial charge in [0.1, 0.15) is 5.75 Å². The summed E-state index contributed by atoms with van der Waals surface area (Å²) < 4.78 is 5.87. The Bertz CT molecular complexity index is 654. The molecule has 142 valence electrons. The van der Waals surface area contributed by atoms with Gasteiger partial charge in [-0.05, 0) is 44.0 Å². The predicted molar refractivity (Wildman–Crippen MR) is 114 cm³/mol. The van der Waals surface area contributed by atoms with E-state index < -0.39 is 0 Å². The second-order valence-electron chi connectivity index (χ2n) is 6.96. The van der Waals surface area contributed by atoms with Crippen LogP contribution < -0.4 is 15.4 Å². The van der Waals surface area contributed by atoms with Gasteiger partial charge in [0.25, 0.3) is 0 Å². The van der Waals surface area contributed by atoms with Gasteiger partial charge in [0.05, 0.1) is 6.61 Å². The first-order valence-electron chi connectivity index (χ1n) is 9.97. The van der Waals surface area contributed by atoms with Crippen LogP contribution in [0.1, 0.15) is 50.2 Å². The Balaban J connectivity index is 1.67. The molecule has 0 radical (unpaired) electrons. The molecule has 26 heavy (non-hydrogen) atoms. The van der Waals surface area contributed by atoms with Crippen LogP contribution in [-0.4, -0.2) is 19.7 Å². The summed E-state index contributed by atoms with van der Waals surface area (Å²) in [5.41, 5.74) is 4.90. The van der Waals surface area contributed by atoms with Crippen molar-refractivity contribution in [2.45, 2.75) is 52.9 Å². The molecule has 0 amide bonds. The minimum Gasteiger partial charge on any atom is -0.494 e. The van der Waals surface area contributed by atoms with Gasteiger partial charge in [0.15, 0.2) is 0 Å². The van der Waals surface area contributed by atoms with Gasteiger partial charge in [0.2, 0.25) is 0 Å². The minimum atomic E-state index is 0.807. The molecule has 0 unspecified atom stereocenters. The molecular formula is C23H34N2O. The molecule has 2 N–H and O–H groups in total. The molecule has 0 saturated carbocycles. The van der Waals surface area contributed by atoms with Crippen molar-refractivity contribution in [3.8, 4) is 5.75 Å². The van der Waals surface area contributed by atoms with Crippen molar-refractivity contribution in [3.63, 3.8) is 0 Å². The van der Waals surface area contributed by atoms with Crippen molar-refractivity contribution >= 4 is 11.4 Å². The van der Waals surface area contributed by atoms with Crippen LogP contribution in [0.25, 0.3) is 0 Å². The molecule has 0 aliphatic heterocycles. The monoisotopic (exact) mass is 354 g/mol. The molecule has 0 bridgehead atoms. The highest BCUT2D eigenvalue weighted by Crippen LogP contribution is 2.18. The summed E-state index contributed by atoms with van der Waals surface area (Å²) in [4.78, 5) is 0. The van der Waals surface area contributed by atoms with E-state index in [4.69, 9.17) is 4.74 Å². The van der Waals surface area contributed by atoms with E-state index in [1.165, 1.54) is 42.5 Å². The van der Waals surface area contributed by atoms with Crippen LogP contribution in [0.5, 0.6) is 5.75 Å². The number of aryl methyl sites for hydroxylation is 2. The summed E-state index contributed by atoms with van der Waals surface area (Å²) >= 11 is 0.